The Morgan fingerprint density at radius 3 is 2.39 bits per heavy atom. The molecule has 0 fully saturated rings. The third-order valence-electron chi connectivity index (χ3n) is 5.71. The Bertz CT molecular complexity index is 960. The molecular formula is C25H30F3NO3S. The molecule has 0 aromatic heterocycles. The molecule has 2 aromatic rings. The minimum atomic E-state index is -4.36. The van der Waals surface area contributed by atoms with Crippen LogP contribution in [-0.2, 0) is 6.18 Å². The Morgan fingerprint density at radius 1 is 1.12 bits per heavy atom. The molecule has 4 nitrogen and oxygen atoms in total. The summed E-state index contributed by atoms with van der Waals surface area (Å²) in [4.78, 5) is 4.82. The molecule has 180 valence electrons. The second-order valence-electron chi connectivity index (χ2n) is 8.59. The van der Waals surface area contributed by atoms with Gasteiger partial charge >= 0.3 is 6.18 Å². The van der Waals surface area contributed by atoms with E-state index in [1.165, 1.54) is 12.1 Å². The van der Waals surface area contributed by atoms with Gasteiger partial charge in [0.2, 0.25) is 0 Å². The fraction of sp³-hybridized carbons (Fsp3) is 0.480. The summed E-state index contributed by atoms with van der Waals surface area (Å²) < 4.78 is 44.1. The lowest BCUT2D eigenvalue weighted by molar-refractivity contribution is -0.137. The van der Waals surface area contributed by atoms with E-state index >= 15 is 0 Å². The number of thioether (sulfide) groups is 1. The molecule has 8 heteroatoms. The molecule has 1 heterocycles. The maximum atomic E-state index is 12.9. The number of aryl methyl sites for hydroxylation is 1. The summed E-state index contributed by atoms with van der Waals surface area (Å²) in [5, 5.41) is 20.6. The van der Waals surface area contributed by atoms with Crippen LogP contribution in [0.25, 0.3) is 0 Å². The summed E-state index contributed by atoms with van der Waals surface area (Å²) in [5.41, 5.74) is 1.72. The zero-order valence-electron chi connectivity index (χ0n) is 19.0. The monoisotopic (exact) mass is 481 g/mol. The van der Waals surface area contributed by atoms with Crippen LogP contribution in [0.3, 0.4) is 0 Å². The summed E-state index contributed by atoms with van der Waals surface area (Å²) in [6, 6.07) is 10.7. The number of ether oxygens (including phenoxy) is 1. The first kappa shape index (κ1) is 25.6. The molecule has 3 rings (SSSR count). The van der Waals surface area contributed by atoms with Crippen molar-refractivity contribution in [1.29, 1.82) is 0 Å². The van der Waals surface area contributed by atoms with Gasteiger partial charge in [0, 0.05) is 10.8 Å². The summed E-state index contributed by atoms with van der Waals surface area (Å²) in [7, 11) is 0. The molecular weight excluding hydrogens is 451 g/mol. The van der Waals surface area contributed by atoms with E-state index < -0.39 is 17.8 Å². The van der Waals surface area contributed by atoms with Crippen LogP contribution in [0, 0.1) is 12.8 Å². The Balaban J connectivity index is 1.64. The zero-order chi connectivity index (χ0) is 24.2. The highest BCUT2D eigenvalue weighted by molar-refractivity contribution is 8.15. The van der Waals surface area contributed by atoms with Crippen LogP contribution in [0.5, 0.6) is 5.75 Å². The average molecular weight is 482 g/mol. The largest absolute Gasteiger partial charge is 0.491 e. The fourth-order valence-electron chi connectivity index (χ4n) is 3.90. The van der Waals surface area contributed by atoms with Gasteiger partial charge in [0.25, 0.3) is 0 Å². The van der Waals surface area contributed by atoms with Crippen molar-refractivity contribution in [2.75, 3.05) is 13.2 Å². The third kappa shape index (κ3) is 6.52. The highest BCUT2D eigenvalue weighted by Crippen LogP contribution is 2.39. The van der Waals surface area contributed by atoms with Crippen LogP contribution in [0.2, 0.25) is 0 Å². The third-order valence-corrected chi connectivity index (χ3v) is 7.09. The molecule has 0 radical (unpaired) electrons. The SMILES string of the molecule is Cc1cc([C@H](O)CCC2SC(c3ccc(C(F)(F)F)cc3)=NC2C(C)C)ccc1OCCO. The molecule has 0 amide bonds. The van der Waals surface area contributed by atoms with Gasteiger partial charge in [-0.05, 0) is 61.1 Å². The van der Waals surface area contributed by atoms with Crippen molar-refractivity contribution in [1.82, 2.24) is 0 Å². The van der Waals surface area contributed by atoms with Crippen molar-refractivity contribution in [2.24, 2.45) is 10.9 Å². The minimum Gasteiger partial charge on any atom is -0.491 e. The molecule has 2 N–H and O–H groups in total. The maximum Gasteiger partial charge on any atom is 0.416 e. The second kappa shape index (κ2) is 10.9. The zero-order valence-corrected chi connectivity index (χ0v) is 19.8. The number of hydrogen-bond donors (Lipinski definition) is 2. The van der Waals surface area contributed by atoms with Crippen molar-refractivity contribution in [3.8, 4) is 5.75 Å². The van der Waals surface area contributed by atoms with Crippen LogP contribution in [0.4, 0.5) is 13.2 Å². The highest BCUT2D eigenvalue weighted by Gasteiger charge is 2.34. The topological polar surface area (TPSA) is 62.1 Å². The molecule has 0 spiro atoms. The molecule has 0 saturated carbocycles. The Hall–Kier alpha value is -2.03. The van der Waals surface area contributed by atoms with E-state index in [-0.39, 0.29) is 30.4 Å². The van der Waals surface area contributed by atoms with Gasteiger partial charge in [-0.1, -0.05) is 32.0 Å². The van der Waals surface area contributed by atoms with Crippen molar-refractivity contribution >= 4 is 16.8 Å². The molecule has 3 atom stereocenters. The number of rotatable bonds is 9. The summed E-state index contributed by atoms with van der Waals surface area (Å²) in [6.45, 7) is 6.23. The van der Waals surface area contributed by atoms with Crippen LogP contribution >= 0.6 is 11.8 Å². The number of alkyl halides is 3. The predicted molar refractivity (Wildman–Crippen MR) is 126 cm³/mol. The summed E-state index contributed by atoms with van der Waals surface area (Å²) in [6.07, 6.45) is -3.72. The van der Waals surface area contributed by atoms with Gasteiger partial charge in [-0.15, -0.1) is 11.8 Å². The summed E-state index contributed by atoms with van der Waals surface area (Å²) in [5.74, 6) is 0.956. The standard InChI is InChI=1S/C25H30F3NO3S/c1-15(2)23-22(33-24(29-23)17-4-7-19(8-5-17)25(26,27)28)11-9-20(31)18-6-10-21(16(3)14-18)32-13-12-30/h4-8,10,14-15,20,22-23,30-31H,9,11-13H2,1-3H3/t20-,22?,23?/m1/s1. The molecule has 0 bridgehead atoms. The van der Waals surface area contributed by atoms with Gasteiger partial charge in [-0.2, -0.15) is 13.2 Å². The number of aliphatic hydroxyl groups excluding tert-OH is 2. The Kier molecular flexibility index (Phi) is 8.48. The Morgan fingerprint density at radius 2 is 1.82 bits per heavy atom. The molecule has 0 aliphatic carbocycles. The lowest BCUT2D eigenvalue weighted by atomic mass is 9.95. The van der Waals surface area contributed by atoms with Crippen molar-refractivity contribution in [3.63, 3.8) is 0 Å². The lowest BCUT2D eigenvalue weighted by Gasteiger charge is -2.22. The average Bonchev–Trinajstić information content (AvgIpc) is 3.21. The number of halogens is 3. The number of hydrogen-bond acceptors (Lipinski definition) is 5. The van der Waals surface area contributed by atoms with Gasteiger partial charge in [0.15, 0.2) is 0 Å². The highest BCUT2D eigenvalue weighted by atomic mass is 32.2. The van der Waals surface area contributed by atoms with Crippen LogP contribution < -0.4 is 4.74 Å². The fourth-order valence-corrected chi connectivity index (χ4v) is 5.41. The van der Waals surface area contributed by atoms with E-state index in [4.69, 9.17) is 14.8 Å². The van der Waals surface area contributed by atoms with E-state index in [2.05, 4.69) is 13.8 Å². The Labute approximate surface area is 196 Å². The molecule has 1 aliphatic rings. The van der Waals surface area contributed by atoms with E-state index in [0.29, 0.717) is 17.7 Å². The van der Waals surface area contributed by atoms with Gasteiger partial charge in [-0.25, -0.2) is 0 Å². The normalized spacial score (nSPS) is 19.6. The van der Waals surface area contributed by atoms with Crippen molar-refractivity contribution in [2.45, 2.75) is 57.2 Å². The minimum absolute atomic E-state index is 0.0375. The number of aliphatic hydroxyl groups is 2. The first-order chi connectivity index (χ1) is 15.6. The smallest absolute Gasteiger partial charge is 0.416 e. The summed E-state index contributed by atoms with van der Waals surface area (Å²) >= 11 is 1.58. The van der Waals surface area contributed by atoms with E-state index in [0.717, 1.165) is 34.7 Å². The van der Waals surface area contributed by atoms with E-state index in [1.54, 1.807) is 17.8 Å². The first-order valence-electron chi connectivity index (χ1n) is 11.0. The van der Waals surface area contributed by atoms with Gasteiger partial charge in [0.1, 0.15) is 12.4 Å². The van der Waals surface area contributed by atoms with Gasteiger partial charge in [-0.3, -0.25) is 4.99 Å². The molecule has 0 saturated heterocycles. The number of benzene rings is 2. The number of aliphatic imine (C=N–C) groups is 1. The molecule has 2 unspecified atom stereocenters. The van der Waals surface area contributed by atoms with Gasteiger partial charge in [0.05, 0.1) is 29.4 Å². The van der Waals surface area contributed by atoms with Crippen LogP contribution in [0.15, 0.2) is 47.5 Å². The molecule has 1 aliphatic heterocycles. The van der Waals surface area contributed by atoms with E-state index in [9.17, 15) is 18.3 Å². The van der Waals surface area contributed by atoms with Crippen molar-refractivity contribution < 1.29 is 28.1 Å². The molecule has 33 heavy (non-hydrogen) atoms. The van der Waals surface area contributed by atoms with Gasteiger partial charge < -0.3 is 14.9 Å². The van der Waals surface area contributed by atoms with Crippen LogP contribution in [-0.4, -0.2) is 39.8 Å². The van der Waals surface area contributed by atoms with Crippen LogP contribution in [0.1, 0.15) is 55.0 Å². The predicted octanol–water partition coefficient (Wildman–Crippen LogP) is 5.79. The maximum absolute atomic E-state index is 12.9. The van der Waals surface area contributed by atoms with E-state index in [1.807, 2.05) is 19.1 Å². The quantitative estimate of drug-likeness (QED) is 0.476. The lowest BCUT2D eigenvalue weighted by Crippen LogP contribution is -2.23. The first-order valence-corrected chi connectivity index (χ1v) is 11.9. The second-order valence-corrected chi connectivity index (χ2v) is 9.82. The molecule has 2 aromatic carbocycles. The number of nitrogens with zero attached hydrogens (tertiary/aromatic N) is 1. The van der Waals surface area contributed by atoms with Crippen molar-refractivity contribution in [3.05, 3.63) is 64.7 Å².